The molecule has 2 aromatic heterocycles. The Bertz CT molecular complexity index is 997. The number of carbonyl (C=O) groups excluding carboxylic acids is 1. The molecule has 0 aliphatic heterocycles. The molecular weight excluding hydrogens is 439 g/mol. The highest BCUT2D eigenvalue weighted by molar-refractivity contribution is 9.10. The molecule has 2 heterocycles. The SMILES string of the molecule is O=C(Cn1nnn(-c2cccs2)c1=O)Nc1ccc(Br)c(C(F)(F)F)c1. The van der Waals surface area contributed by atoms with Crippen LogP contribution in [0.5, 0.6) is 0 Å². The Hall–Kier alpha value is -2.47. The Morgan fingerprint density at radius 1 is 1.27 bits per heavy atom. The smallest absolute Gasteiger partial charge is 0.324 e. The van der Waals surface area contributed by atoms with Crippen molar-refractivity contribution in [1.82, 2.24) is 19.8 Å². The minimum atomic E-state index is -4.57. The Morgan fingerprint density at radius 3 is 2.69 bits per heavy atom. The van der Waals surface area contributed by atoms with Crippen molar-refractivity contribution < 1.29 is 18.0 Å². The van der Waals surface area contributed by atoms with E-state index in [1.165, 1.54) is 23.5 Å². The summed E-state index contributed by atoms with van der Waals surface area (Å²) in [6.45, 7) is -0.485. The molecule has 12 heteroatoms. The molecule has 1 aromatic carbocycles. The molecule has 0 atom stereocenters. The van der Waals surface area contributed by atoms with E-state index in [2.05, 4.69) is 31.7 Å². The molecule has 0 bridgehead atoms. The molecule has 0 unspecified atom stereocenters. The first-order valence-electron chi connectivity index (χ1n) is 6.99. The van der Waals surface area contributed by atoms with Gasteiger partial charge in [-0.05, 0) is 46.1 Å². The minimum Gasteiger partial charge on any atom is -0.324 e. The van der Waals surface area contributed by atoms with Crippen LogP contribution in [0.25, 0.3) is 5.00 Å². The van der Waals surface area contributed by atoms with Crippen molar-refractivity contribution in [3.05, 3.63) is 56.2 Å². The summed E-state index contributed by atoms with van der Waals surface area (Å²) in [5, 5.41) is 11.9. The zero-order chi connectivity index (χ0) is 18.9. The lowest BCUT2D eigenvalue weighted by molar-refractivity contribution is -0.138. The number of anilines is 1. The van der Waals surface area contributed by atoms with Crippen LogP contribution in [0.2, 0.25) is 0 Å². The highest BCUT2D eigenvalue weighted by Crippen LogP contribution is 2.36. The fourth-order valence-electron chi connectivity index (χ4n) is 2.06. The molecule has 1 amide bonds. The van der Waals surface area contributed by atoms with E-state index >= 15 is 0 Å². The highest BCUT2D eigenvalue weighted by Gasteiger charge is 2.33. The Labute approximate surface area is 156 Å². The third kappa shape index (κ3) is 3.85. The molecule has 3 aromatic rings. The lowest BCUT2D eigenvalue weighted by Gasteiger charge is -2.11. The Morgan fingerprint density at radius 2 is 2.04 bits per heavy atom. The normalized spacial score (nSPS) is 11.5. The molecule has 3 rings (SSSR count). The fourth-order valence-corrected chi connectivity index (χ4v) is 3.20. The first-order valence-corrected chi connectivity index (χ1v) is 8.66. The van der Waals surface area contributed by atoms with Crippen LogP contribution in [-0.4, -0.2) is 25.7 Å². The summed E-state index contributed by atoms with van der Waals surface area (Å²) in [6, 6.07) is 6.67. The van der Waals surface area contributed by atoms with Gasteiger partial charge in [0.2, 0.25) is 5.91 Å². The van der Waals surface area contributed by atoms with E-state index in [-0.39, 0.29) is 10.2 Å². The van der Waals surface area contributed by atoms with Crippen LogP contribution < -0.4 is 11.0 Å². The van der Waals surface area contributed by atoms with E-state index in [1.807, 2.05) is 0 Å². The van der Waals surface area contributed by atoms with Gasteiger partial charge in [0.1, 0.15) is 11.5 Å². The summed E-state index contributed by atoms with van der Waals surface area (Å²) in [4.78, 5) is 24.2. The van der Waals surface area contributed by atoms with Gasteiger partial charge >= 0.3 is 11.9 Å². The molecule has 0 fully saturated rings. The van der Waals surface area contributed by atoms with Gasteiger partial charge in [0.15, 0.2) is 0 Å². The summed E-state index contributed by atoms with van der Waals surface area (Å²) in [5.41, 5.74) is -1.60. The maximum atomic E-state index is 12.9. The molecule has 0 saturated carbocycles. The predicted molar refractivity (Wildman–Crippen MR) is 91.3 cm³/mol. The van der Waals surface area contributed by atoms with Crippen molar-refractivity contribution in [1.29, 1.82) is 0 Å². The molecule has 0 spiro atoms. The number of hydrogen-bond acceptors (Lipinski definition) is 5. The molecular formula is C14H9BrF3N5O2S. The number of benzene rings is 1. The van der Waals surface area contributed by atoms with Crippen molar-refractivity contribution in [3.8, 4) is 5.00 Å². The van der Waals surface area contributed by atoms with Gasteiger partial charge < -0.3 is 5.32 Å². The molecule has 0 radical (unpaired) electrons. The van der Waals surface area contributed by atoms with E-state index in [4.69, 9.17) is 0 Å². The lowest BCUT2D eigenvalue weighted by Crippen LogP contribution is -2.29. The van der Waals surface area contributed by atoms with Gasteiger partial charge in [0.25, 0.3) is 0 Å². The molecule has 0 aliphatic rings. The summed E-state index contributed by atoms with van der Waals surface area (Å²) in [7, 11) is 0. The van der Waals surface area contributed by atoms with Crippen molar-refractivity contribution in [2.75, 3.05) is 5.32 Å². The number of carbonyl (C=O) groups is 1. The average Bonchev–Trinajstić information content (AvgIpc) is 3.19. The van der Waals surface area contributed by atoms with E-state index < -0.39 is 29.9 Å². The number of rotatable bonds is 4. The van der Waals surface area contributed by atoms with E-state index in [0.717, 1.165) is 15.4 Å². The van der Waals surface area contributed by atoms with Gasteiger partial charge in [-0.25, -0.2) is 4.79 Å². The van der Waals surface area contributed by atoms with Crippen LogP contribution >= 0.6 is 27.3 Å². The van der Waals surface area contributed by atoms with Crippen LogP contribution in [0.1, 0.15) is 5.56 Å². The number of halogens is 4. The van der Waals surface area contributed by atoms with Crippen LogP contribution in [-0.2, 0) is 17.5 Å². The van der Waals surface area contributed by atoms with Gasteiger partial charge in [-0.3, -0.25) is 4.79 Å². The van der Waals surface area contributed by atoms with Gasteiger partial charge in [-0.15, -0.1) is 11.3 Å². The minimum absolute atomic E-state index is 0.0516. The highest BCUT2D eigenvalue weighted by atomic mass is 79.9. The van der Waals surface area contributed by atoms with Crippen molar-refractivity contribution in [2.24, 2.45) is 0 Å². The summed E-state index contributed by atoms with van der Waals surface area (Å²) < 4.78 is 40.4. The first kappa shape index (κ1) is 18.3. The molecule has 7 nitrogen and oxygen atoms in total. The van der Waals surface area contributed by atoms with Gasteiger partial charge in [-0.1, -0.05) is 15.9 Å². The van der Waals surface area contributed by atoms with Crippen molar-refractivity contribution in [3.63, 3.8) is 0 Å². The predicted octanol–water partition coefficient (Wildman–Crippen LogP) is 2.91. The summed E-state index contributed by atoms with van der Waals surface area (Å²) >= 11 is 4.09. The Kier molecular flexibility index (Phi) is 4.96. The number of alkyl halides is 3. The van der Waals surface area contributed by atoms with Gasteiger partial charge in [-0.2, -0.15) is 22.5 Å². The number of amides is 1. The fraction of sp³-hybridized carbons (Fsp3) is 0.143. The number of nitrogens with one attached hydrogen (secondary N) is 1. The molecule has 1 N–H and O–H groups in total. The number of thiophene rings is 1. The topological polar surface area (TPSA) is 81.8 Å². The number of aromatic nitrogens is 4. The summed E-state index contributed by atoms with van der Waals surface area (Å²) in [5.74, 6) is -0.708. The monoisotopic (exact) mass is 447 g/mol. The van der Waals surface area contributed by atoms with Gasteiger partial charge in [0.05, 0.1) is 5.56 Å². The largest absolute Gasteiger partial charge is 0.417 e. The second-order valence-electron chi connectivity index (χ2n) is 5.02. The van der Waals surface area contributed by atoms with E-state index in [0.29, 0.717) is 5.00 Å². The lowest BCUT2D eigenvalue weighted by atomic mass is 10.2. The molecule has 26 heavy (non-hydrogen) atoms. The van der Waals surface area contributed by atoms with E-state index in [1.54, 1.807) is 17.5 Å². The molecule has 136 valence electrons. The first-order chi connectivity index (χ1) is 12.3. The quantitative estimate of drug-likeness (QED) is 0.666. The Balaban J connectivity index is 1.75. The second kappa shape index (κ2) is 7.03. The van der Waals surface area contributed by atoms with Crippen LogP contribution in [0, 0.1) is 0 Å². The van der Waals surface area contributed by atoms with Crippen LogP contribution in [0.15, 0.2) is 45.0 Å². The number of nitrogens with zero attached hydrogens (tertiary/aromatic N) is 4. The zero-order valence-corrected chi connectivity index (χ0v) is 15.1. The number of tetrazole rings is 1. The third-order valence-electron chi connectivity index (χ3n) is 3.20. The maximum Gasteiger partial charge on any atom is 0.417 e. The average molecular weight is 448 g/mol. The summed E-state index contributed by atoms with van der Waals surface area (Å²) in [6.07, 6.45) is -4.57. The van der Waals surface area contributed by atoms with Crippen molar-refractivity contribution in [2.45, 2.75) is 12.7 Å². The third-order valence-corrected chi connectivity index (χ3v) is 4.74. The van der Waals surface area contributed by atoms with E-state index in [9.17, 15) is 22.8 Å². The zero-order valence-electron chi connectivity index (χ0n) is 12.7. The molecule has 0 aliphatic carbocycles. The standard InChI is InChI=1S/C14H9BrF3N5O2S/c15-10-4-3-8(6-9(10)14(16,17)18)19-11(24)7-22-13(25)23(21-20-22)12-2-1-5-26-12/h1-6H,7H2,(H,19,24). The van der Waals surface area contributed by atoms with Crippen LogP contribution in [0.4, 0.5) is 18.9 Å². The second-order valence-corrected chi connectivity index (χ2v) is 6.80. The van der Waals surface area contributed by atoms with Crippen LogP contribution in [0.3, 0.4) is 0 Å². The molecule has 0 saturated heterocycles. The number of hydrogen-bond donors (Lipinski definition) is 1. The van der Waals surface area contributed by atoms with Gasteiger partial charge in [0, 0.05) is 10.2 Å². The van der Waals surface area contributed by atoms with Crippen molar-refractivity contribution >= 4 is 38.9 Å². The maximum absolute atomic E-state index is 12.9.